The molecule has 1 aliphatic heterocycles. The Morgan fingerprint density at radius 2 is 2.12 bits per heavy atom. The van der Waals surface area contributed by atoms with E-state index in [0.29, 0.717) is 16.5 Å². The maximum atomic E-state index is 12.8. The van der Waals surface area contributed by atoms with E-state index in [0.717, 1.165) is 35.8 Å². The van der Waals surface area contributed by atoms with Crippen LogP contribution in [0.2, 0.25) is 5.02 Å². The van der Waals surface area contributed by atoms with Gasteiger partial charge in [-0.05, 0) is 44.0 Å². The van der Waals surface area contributed by atoms with Gasteiger partial charge < -0.3 is 20.9 Å². The van der Waals surface area contributed by atoms with E-state index in [1.165, 1.54) is 23.6 Å². The van der Waals surface area contributed by atoms with Crippen molar-refractivity contribution < 1.29 is 14.4 Å². The number of likely N-dealkylation sites (N-methyl/N-ethyl adjacent to an activating group) is 1. The lowest BCUT2D eigenvalue weighted by Gasteiger charge is -2.20. The van der Waals surface area contributed by atoms with Crippen molar-refractivity contribution in [2.45, 2.75) is 25.4 Å². The lowest BCUT2D eigenvalue weighted by Crippen LogP contribution is -2.46. The molecule has 0 aliphatic carbocycles. The molecule has 0 saturated carbocycles. The van der Waals surface area contributed by atoms with Gasteiger partial charge in [0.25, 0.3) is 5.91 Å². The summed E-state index contributed by atoms with van der Waals surface area (Å²) in [6.07, 6.45) is 4.87. The van der Waals surface area contributed by atoms with Crippen molar-refractivity contribution in [2.75, 3.05) is 37.5 Å². The highest BCUT2D eigenvalue weighted by Crippen LogP contribution is 2.24. The molecule has 0 bridgehead atoms. The highest BCUT2D eigenvalue weighted by Gasteiger charge is 2.23. The minimum absolute atomic E-state index is 0.125. The molecule has 32 heavy (non-hydrogen) atoms. The highest BCUT2D eigenvalue weighted by molar-refractivity contribution is 7.98. The van der Waals surface area contributed by atoms with Crippen molar-refractivity contribution in [1.82, 2.24) is 25.5 Å². The van der Waals surface area contributed by atoms with Gasteiger partial charge in [-0.15, -0.1) is 11.3 Å². The number of halogens is 1. The molecule has 3 heterocycles. The first-order valence-corrected chi connectivity index (χ1v) is 12.6. The first-order valence-electron chi connectivity index (χ1n) is 10.0. The van der Waals surface area contributed by atoms with Gasteiger partial charge in [0.15, 0.2) is 5.01 Å². The Morgan fingerprint density at radius 1 is 1.31 bits per heavy atom. The quantitative estimate of drug-likeness (QED) is 0.477. The fraction of sp³-hybridized carbons (Fsp3) is 0.450. The van der Waals surface area contributed by atoms with Gasteiger partial charge in [0, 0.05) is 36.8 Å². The van der Waals surface area contributed by atoms with Crippen LogP contribution in [0.15, 0.2) is 18.3 Å². The largest absolute Gasteiger partial charge is 0.346 e. The van der Waals surface area contributed by atoms with Crippen LogP contribution in [-0.2, 0) is 22.6 Å². The van der Waals surface area contributed by atoms with E-state index in [1.807, 2.05) is 13.3 Å². The van der Waals surface area contributed by atoms with Gasteiger partial charge in [-0.25, -0.2) is 9.97 Å². The molecule has 0 saturated heterocycles. The molecule has 3 rings (SSSR count). The fourth-order valence-electron chi connectivity index (χ4n) is 3.08. The number of rotatable bonds is 8. The van der Waals surface area contributed by atoms with Crippen LogP contribution in [0, 0.1) is 0 Å². The minimum Gasteiger partial charge on any atom is -0.346 e. The van der Waals surface area contributed by atoms with E-state index >= 15 is 0 Å². The first kappa shape index (κ1) is 24.4. The summed E-state index contributed by atoms with van der Waals surface area (Å²) >= 11 is 8.82. The Hall–Kier alpha value is -2.21. The Labute approximate surface area is 199 Å². The number of carbonyl (C=O) groups is 3. The standard InChI is InChI=1S/C20H25ClN6O3S2/c1-27-7-5-15-14(11-27)25-20(32-15)19(30)24-13(6-8-31-2)10-23-17(28)18(29)26-16-4-3-12(21)9-22-16/h3-4,9,13H,5-8,10-11H2,1-2H3,(H,23,28)(H,24,30)(H,22,26,29)/t13-/m1/s1. The van der Waals surface area contributed by atoms with Crippen LogP contribution < -0.4 is 16.0 Å². The number of thioether (sulfide) groups is 1. The summed E-state index contributed by atoms with van der Waals surface area (Å²) in [4.78, 5) is 48.8. The Bertz CT molecular complexity index is 969. The number of carbonyl (C=O) groups excluding carboxylic acids is 3. The molecule has 0 aromatic carbocycles. The van der Waals surface area contributed by atoms with E-state index in [1.54, 1.807) is 17.8 Å². The molecule has 0 unspecified atom stereocenters. The number of amides is 3. The normalized spacial score (nSPS) is 14.3. The van der Waals surface area contributed by atoms with Crippen LogP contribution in [-0.4, -0.2) is 70.8 Å². The second kappa shape index (κ2) is 11.6. The molecule has 9 nitrogen and oxygen atoms in total. The van der Waals surface area contributed by atoms with Gasteiger partial charge in [-0.2, -0.15) is 11.8 Å². The number of pyridine rings is 1. The molecule has 1 atom stereocenters. The second-order valence-electron chi connectivity index (χ2n) is 7.35. The van der Waals surface area contributed by atoms with E-state index in [-0.39, 0.29) is 24.3 Å². The molecule has 3 amide bonds. The molecule has 0 radical (unpaired) electrons. The topological polar surface area (TPSA) is 116 Å². The van der Waals surface area contributed by atoms with Gasteiger partial charge in [-0.1, -0.05) is 11.6 Å². The molecular weight excluding hydrogens is 472 g/mol. The van der Waals surface area contributed by atoms with Crippen molar-refractivity contribution in [1.29, 1.82) is 0 Å². The Balaban J connectivity index is 1.55. The summed E-state index contributed by atoms with van der Waals surface area (Å²) in [6.45, 7) is 1.81. The van der Waals surface area contributed by atoms with Gasteiger partial charge in [0.1, 0.15) is 5.82 Å². The number of anilines is 1. The van der Waals surface area contributed by atoms with Crippen molar-refractivity contribution in [3.63, 3.8) is 0 Å². The van der Waals surface area contributed by atoms with Gasteiger partial charge >= 0.3 is 11.8 Å². The third kappa shape index (κ3) is 6.89. The van der Waals surface area contributed by atoms with Gasteiger partial charge in [0.2, 0.25) is 0 Å². The summed E-state index contributed by atoms with van der Waals surface area (Å²) < 4.78 is 0. The summed E-state index contributed by atoms with van der Waals surface area (Å²) in [5, 5.41) is 8.79. The van der Waals surface area contributed by atoms with Crippen LogP contribution >= 0.6 is 34.7 Å². The smallest absolute Gasteiger partial charge is 0.314 e. The zero-order valence-electron chi connectivity index (χ0n) is 17.8. The monoisotopic (exact) mass is 496 g/mol. The lowest BCUT2D eigenvalue weighted by atomic mass is 10.2. The predicted octanol–water partition coefficient (Wildman–Crippen LogP) is 1.79. The van der Waals surface area contributed by atoms with Crippen molar-refractivity contribution in [3.05, 3.63) is 38.9 Å². The molecule has 0 spiro atoms. The summed E-state index contributed by atoms with van der Waals surface area (Å²) in [5.74, 6) is -0.896. The zero-order chi connectivity index (χ0) is 23.1. The molecule has 172 valence electrons. The Morgan fingerprint density at radius 3 is 2.84 bits per heavy atom. The number of nitrogens with one attached hydrogen (secondary N) is 3. The number of hydrogen-bond acceptors (Lipinski definition) is 8. The Kier molecular flexibility index (Phi) is 8.85. The maximum absolute atomic E-state index is 12.8. The second-order valence-corrected chi connectivity index (χ2v) is 9.86. The van der Waals surface area contributed by atoms with Gasteiger partial charge in [-0.3, -0.25) is 14.4 Å². The lowest BCUT2D eigenvalue weighted by molar-refractivity contribution is -0.136. The molecular formula is C20H25ClN6O3S2. The highest BCUT2D eigenvalue weighted by atomic mass is 35.5. The van der Waals surface area contributed by atoms with E-state index in [9.17, 15) is 14.4 Å². The number of fused-ring (bicyclic) bond motifs is 1. The number of hydrogen-bond donors (Lipinski definition) is 3. The molecule has 2 aromatic rings. The predicted molar refractivity (Wildman–Crippen MR) is 127 cm³/mol. The summed E-state index contributed by atoms with van der Waals surface area (Å²) in [6, 6.07) is 2.73. The van der Waals surface area contributed by atoms with Crippen LogP contribution in [0.1, 0.15) is 26.8 Å². The van der Waals surface area contributed by atoms with Crippen LogP contribution in [0.3, 0.4) is 0 Å². The molecule has 3 N–H and O–H groups in total. The first-order chi connectivity index (χ1) is 15.4. The average molecular weight is 497 g/mol. The number of aromatic nitrogens is 2. The van der Waals surface area contributed by atoms with Crippen molar-refractivity contribution in [2.24, 2.45) is 0 Å². The van der Waals surface area contributed by atoms with Crippen LogP contribution in [0.5, 0.6) is 0 Å². The number of nitrogens with zero attached hydrogens (tertiary/aromatic N) is 3. The van der Waals surface area contributed by atoms with E-state index < -0.39 is 11.8 Å². The third-order valence-electron chi connectivity index (χ3n) is 4.80. The third-order valence-corrected chi connectivity index (χ3v) is 6.83. The molecule has 12 heteroatoms. The molecule has 1 aliphatic rings. The number of thiazole rings is 1. The van der Waals surface area contributed by atoms with E-state index in [2.05, 4.69) is 30.8 Å². The SMILES string of the molecule is CSCC[C@H](CNC(=O)C(=O)Nc1ccc(Cl)cn1)NC(=O)c1nc2c(s1)CCN(C)C2. The molecule has 0 fully saturated rings. The maximum Gasteiger partial charge on any atom is 0.314 e. The van der Waals surface area contributed by atoms with Crippen LogP contribution in [0.4, 0.5) is 5.82 Å². The van der Waals surface area contributed by atoms with Gasteiger partial charge in [0.05, 0.1) is 10.7 Å². The summed E-state index contributed by atoms with van der Waals surface area (Å²) in [5.41, 5.74) is 0.954. The zero-order valence-corrected chi connectivity index (χ0v) is 20.2. The molecule has 2 aromatic heterocycles. The van der Waals surface area contributed by atoms with Crippen molar-refractivity contribution >= 4 is 58.2 Å². The average Bonchev–Trinajstić information content (AvgIpc) is 3.20. The van der Waals surface area contributed by atoms with E-state index in [4.69, 9.17) is 11.6 Å². The summed E-state index contributed by atoms with van der Waals surface area (Å²) in [7, 11) is 2.03. The fourth-order valence-corrected chi connectivity index (χ4v) is 4.67. The minimum atomic E-state index is -0.841. The van der Waals surface area contributed by atoms with Crippen molar-refractivity contribution in [3.8, 4) is 0 Å². The van der Waals surface area contributed by atoms with Crippen LogP contribution in [0.25, 0.3) is 0 Å².